The molecule has 1 amide bonds. The van der Waals surface area contributed by atoms with E-state index >= 15 is 0 Å². The highest BCUT2D eigenvalue weighted by molar-refractivity contribution is 7.17. The number of hydrogen-bond donors (Lipinski definition) is 3. The van der Waals surface area contributed by atoms with E-state index in [1.807, 2.05) is 54.6 Å². The van der Waals surface area contributed by atoms with Gasteiger partial charge in [0, 0.05) is 44.7 Å². The molecule has 0 spiro atoms. The van der Waals surface area contributed by atoms with E-state index in [2.05, 4.69) is 42.6 Å². The SMILES string of the molecule is CC(=O)c1ccc(-c2ccnc3[nH]c(-c4n[nH]c5ccc(-c6cncc(NC(=O)c7ccccc7)c6)cc45)cc23)s1. The first-order valence-electron chi connectivity index (χ1n) is 12.9. The molecular weight excluding hydrogens is 532 g/mol. The predicted octanol–water partition coefficient (Wildman–Crippen LogP) is 7.35. The van der Waals surface area contributed by atoms with E-state index in [0.29, 0.717) is 11.3 Å². The topological polar surface area (TPSA) is 116 Å². The lowest BCUT2D eigenvalue weighted by Crippen LogP contribution is -2.11. The summed E-state index contributed by atoms with van der Waals surface area (Å²) in [6.07, 6.45) is 5.17. The Morgan fingerprint density at radius 1 is 0.878 bits per heavy atom. The van der Waals surface area contributed by atoms with Gasteiger partial charge in [-0.25, -0.2) is 4.98 Å². The van der Waals surface area contributed by atoms with Gasteiger partial charge in [0.05, 0.1) is 28.0 Å². The number of pyridine rings is 2. The van der Waals surface area contributed by atoms with Gasteiger partial charge >= 0.3 is 0 Å². The minimum absolute atomic E-state index is 0.0550. The average molecular weight is 555 g/mol. The number of thiophene rings is 1. The number of hydrogen-bond acceptors (Lipinski definition) is 6. The monoisotopic (exact) mass is 554 g/mol. The van der Waals surface area contributed by atoms with E-state index in [1.54, 1.807) is 37.6 Å². The maximum atomic E-state index is 12.6. The van der Waals surface area contributed by atoms with Crippen LogP contribution in [0, 0.1) is 0 Å². The highest BCUT2D eigenvalue weighted by Gasteiger charge is 2.16. The Morgan fingerprint density at radius 2 is 1.76 bits per heavy atom. The van der Waals surface area contributed by atoms with Gasteiger partial charge < -0.3 is 10.3 Å². The highest BCUT2D eigenvalue weighted by atomic mass is 32.1. The van der Waals surface area contributed by atoms with Gasteiger partial charge in [-0.05, 0) is 67.1 Å². The first-order chi connectivity index (χ1) is 20.0. The molecule has 0 aliphatic rings. The highest BCUT2D eigenvalue weighted by Crippen LogP contribution is 2.37. The standard InChI is InChI=1S/C32H22N6O2S/c1-18(39)28-9-10-29(41-28)23-11-12-34-31-24(23)15-27(36-31)30-25-14-20(7-8-26(25)37-38-30)21-13-22(17-33-16-21)35-32(40)19-5-3-2-4-6-19/h2-17H,1H3,(H,34,36)(H,35,40)(H,37,38). The molecule has 9 heteroatoms. The zero-order valence-electron chi connectivity index (χ0n) is 21.8. The van der Waals surface area contributed by atoms with E-state index in [0.717, 1.165) is 59.8 Å². The fraction of sp³-hybridized carbons (Fsp3) is 0.0312. The molecule has 0 saturated heterocycles. The lowest BCUT2D eigenvalue weighted by molar-refractivity contribution is 0.101. The molecule has 41 heavy (non-hydrogen) atoms. The number of Topliss-reactive ketones (excluding diaryl/α,β-unsaturated/α-hetero) is 1. The molecule has 0 fully saturated rings. The van der Waals surface area contributed by atoms with Crippen molar-refractivity contribution in [3.8, 4) is 33.0 Å². The van der Waals surface area contributed by atoms with Crippen LogP contribution < -0.4 is 5.32 Å². The Hall–Kier alpha value is -5.41. The summed E-state index contributed by atoms with van der Waals surface area (Å²) in [7, 11) is 0. The molecule has 0 aliphatic carbocycles. The van der Waals surface area contributed by atoms with E-state index in [-0.39, 0.29) is 11.7 Å². The molecular formula is C32H22N6O2S. The number of fused-ring (bicyclic) bond motifs is 2. The van der Waals surface area contributed by atoms with Crippen LogP contribution in [0.5, 0.6) is 0 Å². The van der Waals surface area contributed by atoms with Crippen LogP contribution >= 0.6 is 11.3 Å². The number of nitrogens with one attached hydrogen (secondary N) is 3. The Balaban J connectivity index is 1.24. The molecule has 0 atom stereocenters. The molecule has 7 aromatic rings. The summed E-state index contributed by atoms with van der Waals surface area (Å²) in [5.74, 6) is -0.136. The van der Waals surface area contributed by atoms with Gasteiger partial charge in [-0.3, -0.25) is 19.7 Å². The third-order valence-electron chi connectivity index (χ3n) is 6.93. The number of carbonyl (C=O) groups is 2. The molecule has 0 bridgehead atoms. The second-order valence-corrected chi connectivity index (χ2v) is 10.7. The fourth-order valence-corrected chi connectivity index (χ4v) is 5.84. The van der Waals surface area contributed by atoms with E-state index in [4.69, 9.17) is 0 Å². The van der Waals surface area contributed by atoms with Crippen molar-refractivity contribution in [3.05, 3.63) is 108 Å². The van der Waals surface area contributed by atoms with Gasteiger partial charge in [-0.2, -0.15) is 5.10 Å². The Morgan fingerprint density at radius 3 is 2.59 bits per heavy atom. The maximum Gasteiger partial charge on any atom is 0.255 e. The lowest BCUT2D eigenvalue weighted by Gasteiger charge is -2.08. The number of anilines is 1. The number of aromatic nitrogens is 5. The van der Waals surface area contributed by atoms with Crippen molar-refractivity contribution in [1.82, 2.24) is 25.1 Å². The van der Waals surface area contributed by atoms with Crippen LogP contribution in [0.25, 0.3) is 54.9 Å². The van der Waals surface area contributed by atoms with Crippen LogP contribution in [0.2, 0.25) is 0 Å². The van der Waals surface area contributed by atoms with Crippen molar-refractivity contribution in [2.24, 2.45) is 0 Å². The van der Waals surface area contributed by atoms with Crippen molar-refractivity contribution >= 4 is 50.7 Å². The molecule has 0 unspecified atom stereocenters. The van der Waals surface area contributed by atoms with Crippen LogP contribution in [-0.2, 0) is 0 Å². The summed E-state index contributed by atoms with van der Waals surface area (Å²) in [5.41, 5.74) is 7.23. The average Bonchev–Trinajstić information content (AvgIpc) is 3.75. The second kappa shape index (κ2) is 9.96. The van der Waals surface area contributed by atoms with Gasteiger partial charge in [0.15, 0.2) is 5.78 Å². The molecule has 5 heterocycles. The van der Waals surface area contributed by atoms with Crippen LogP contribution in [-0.4, -0.2) is 36.8 Å². The third kappa shape index (κ3) is 4.58. The molecule has 3 N–H and O–H groups in total. The molecule has 2 aromatic carbocycles. The Kier molecular flexibility index (Phi) is 5.98. The molecule has 0 saturated carbocycles. The number of aromatic amines is 2. The number of rotatable bonds is 6. The van der Waals surface area contributed by atoms with Crippen molar-refractivity contribution in [3.63, 3.8) is 0 Å². The largest absolute Gasteiger partial charge is 0.338 e. The minimum Gasteiger partial charge on any atom is -0.338 e. The summed E-state index contributed by atoms with van der Waals surface area (Å²) >= 11 is 1.48. The first kappa shape index (κ1) is 24.6. The summed E-state index contributed by atoms with van der Waals surface area (Å²) < 4.78 is 0. The molecule has 0 radical (unpaired) electrons. The minimum atomic E-state index is -0.191. The van der Waals surface area contributed by atoms with Crippen LogP contribution in [0.3, 0.4) is 0 Å². The molecule has 0 aliphatic heterocycles. The number of ketones is 1. The van der Waals surface area contributed by atoms with Crippen molar-refractivity contribution in [2.75, 3.05) is 5.32 Å². The summed E-state index contributed by atoms with van der Waals surface area (Å²) in [4.78, 5) is 38.6. The lowest BCUT2D eigenvalue weighted by atomic mass is 10.0. The molecule has 5 aromatic heterocycles. The van der Waals surface area contributed by atoms with Gasteiger partial charge in [0.2, 0.25) is 0 Å². The van der Waals surface area contributed by atoms with Crippen LogP contribution in [0.15, 0.2) is 97.5 Å². The van der Waals surface area contributed by atoms with Gasteiger partial charge in [-0.15, -0.1) is 11.3 Å². The van der Waals surface area contributed by atoms with Crippen LogP contribution in [0.4, 0.5) is 5.69 Å². The third-order valence-corrected chi connectivity index (χ3v) is 8.15. The number of H-pyrrole nitrogens is 2. The molecule has 8 nitrogen and oxygen atoms in total. The van der Waals surface area contributed by atoms with Gasteiger partial charge in [0.1, 0.15) is 11.3 Å². The van der Waals surface area contributed by atoms with E-state index in [9.17, 15) is 9.59 Å². The number of carbonyl (C=O) groups excluding carboxylic acids is 2. The predicted molar refractivity (Wildman–Crippen MR) is 162 cm³/mol. The van der Waals surface area contributed by atoms with Crippen LogP contribution in [0.1, 0.15) is 27.0 Å². The van der Waals surface area contributed by atoms with Gasteiger partial charge in [0.25, 0.3) is 5.91 Å². The second-order valence-electron chi connectivity index (χ2n) is 9.64. The first-order valence-corrected chi connectivity index (χ1v) is 13.7. The van der Waals surface area contributed by atoms with Crippen molar-refractivity contribution in [1.29, 1.82) is 0 Å². The maximum absolute atomic E-state index is 12.6. The summed E-state index contributed by atoms with van der Waals surface area (Å²) in [5, 5.41) is 12.6. The fourth-order valence-electron chi connectivity index (χ4n) is 4.90. The normalized spacial score (nSPS) is 11.2. The molecule has 198 valence electrons. The Bertz CT molecular complexity index is 2090. The summed E-state index contributed by atoms with van der Waals surface area (Å²) in [6.45, 7) is 1.58. The number of benzene rings is 2. The summed E-state index contributed by atoms with van der Waals surface area (Å²) in [6, 6.07) is 24.9. The number of amides is 1. The quantitative estimate of drug-likeness (QED) is 0.186. The van der Waals surface area contributed by atoms with E-state index < -0.39 is 0 Å². The zero-order chi connectivity index (χ0) is 27.9. The van der Waals surface area contributed by atoms with E-state index in [1.165, 1.54) is 11.3 Å². The number of nitrogens with zero attached hydrogens (tertiary/aromatic N) is 3. The Labute approximate surface area is 238 Å². The van der Waals surface area contributed by atoms with Gasteiger partial charge in [-0.1, -0.05) is 24.3 Å². The van der Waals surface area contributed by atoms with Crippen molar-refractivity contribution < 1.29 is 9.59 Å². The zero-order valence-corrected chi connectivity index (χ0v) is 22.6. The van der Waals surface area contributed by atoms with Crippen molar-refractivity contribution in [2.45, 2.75) is 6.92 Å². The smallest absolute Gasteiger partial charge is 0.255 e. The molecule has 7 rings (SSSR count).